The third kappa shape index (κ3) is 3.08. The van der Waals surface area contributed by atoms with E-state index in [1.807, 2.05) is 13.8 Å². The maximum absolute atomic E-state index is 13.2. The highest BCUT2D eigenvalue weighted by atomic mass is 19.1. The van der Waals surface area contributed by atoms with Gasteiger partial charge in [0.05, 0.1) is 29.7 Å². The fraction of sp³-hybridized carbons (Fsp3) is 0.312. The quantitative estimate of drug-likeness (QED) is 0.775. The third-order valence-corrected chi connectivity index (χ3v) is 3.91. The fourth-order valence-electron chi connectivity index (χ4n) is 2.54. The average Bonchev–Trinajstić information content (AvgIpc) is 3.03. The third-order valence-electron chi connectivity index (χ3n) is 3.91. The van der Waals surface area contributed by atoms with Gasteiger partial charge in [-0.2, -0.15) is 5.10 Å². The summed E-state index contributed by atoms with van der Waals surface area (Å²) in [5, 5.41) is 6.98. The largest absolute Gasteiger partial charge is 0.340 e. The molecule has 0 saturated heterocycles. The standard InChI is InChI=1S/C16H18FN5O/c1-9-12(10(2)21-20-9)7-16(23)22(3)8-15-18-13-5-4-11(17)6-14(13)19-15/h4-6H,7-8H2,1-3H3,(H,18,19)(H,20,21). The molecule has 3 aromatic rings. The van der Waals surface area contributed by atoms with Crippen LogP contribution in [0.2, 0.25) is 0 Å². The van der Waals surface area contributed by atoms with Crippen LogP contribution >= 0.6 is 0 Å². The molecule has 0 unspecified atom stereocenters. The van der Waals surface area contributed by atoms with E-state index in [9.17, 15) is 9.18 Å². The molecule has 0 bridgehead atoms. The van der Waals surface area contributed by atoms with Crippen molar-refractivity contribution in [3.05, 3.63) is 46.8 Å². The fourth-order valence-corrected chi connectivity index (χ4v) is 2.54. The van der Waals surface area contributed by atoms with Crippen LogP contribution in [0, 0.1) is 19.7 Å². The summed E-state index contributed by atoms with van der Waals surface area (Å²) in [5.74, 6) is 0.286. The Morgan fingerprint density at radius 2 is 2.13 bits per heavy atom. The number of aryl methyl sites for hydroxylation is 2. The van der Waals surface area contributed by atoms with Crippen molar-refractivity contribution in [2.75, 3.05) is 7.05 Å². The normalized spacial score (nSPS) is 11.1. The molecule has 0 atom stereocenters. The van der Waals surface area contributed by atoms with E-state index < -0.39 is 0 Å². The van der Waals surface area contributed by atoms with E-state index in [0.29, 0.717) is 29.8 Å². The van der Waals surface area contributed by atoms with Gasteiger partial charge in [0, 0.05) is 18.3 Å². The summed E-state index contributed by atoms with van der Waals surface area (Å²) in [6, 6.07) is 4.38. The van der Waals surface area contributed by atoms with Crippen LogP contribution in [0.1, 0.15) is 22.8 Å². The van der Waals surface area contributed by atoms with Crippen molar-refractivity contribution in [2.45, 2.75) is 26.8 Å². The molecule has 2 heterocycles. The maximum Gasteiger partial charge on any atom is 0.227 e. The van der Waals surface area contributed by atoms with Crippen molar-refractivity contribution in [3.8, 4) is 0 Å². The number of carbonyl (C=O) groups is 1. The first-order valence-corrected chi connectivity index (χ1v) is 7.32. The van der Waals surface area contributed by atoms with Gasteiger partial charge >= 0.3 is 0 Å². The van der Waals surface area contributed by atoms with E-state index in [0.717, 1.165) is 17.0 Å². The van der Waals surface area contributed by atoms with Crippen LogP contribution < -0.4 is 0 Å². The number of imidazole rings is 1. The lowest BCUT2D eigenvalue weighted by Gasteiger charge is -2.15. The number of amides is 1. The Morgan fingerprint density at radius 3 is 2.83 bits per heavy atom. The predicted octanol–water partition coefficient (Wildman–Crippen LogP) is 2.24. The summed E-state index contributed by atoms with van der Waals surface area (Å²) in [5.41, 5.74) is 3.98. The Kier molecular flexibility index (Phi) is 3.85. The summed E-state index contributed by atoms with van der Waals surface area (Å²) < 4.78 is 13.2. The number of H-pyrrole nitrogens is 2. The maximum atomic E-state index is 13.2. The number of nitrogens with one attached hydrogen (secondary N) is 2. The molecular formula is C16H18FN5O. The van der Waals surface area contributed by atoms with Crippen molar-refractivity contribution in [3.63, 3.8) is 0 Å². The summed E-state index contributed by atoms with van der Waals surface area (Å²) in [4.78, 5) is 21.4. The van der Waals surface area contributed by atoms with Gasteiger partial charge in [-0.1, -0.05) is 0 Å². The molecule has 0 fully saturated rings. The SMILES string of the molecule is Cc1n[nH]c(C)c1CC(=O)N(C)Cc1nc2ccc(F)cc2[nH]1. The summed E-state index contributed by atoms with van der Waals surface area (Å²) in [7, 11) is 1.72. The van der Waals surface area contributed by atoms with Crippen LogP contribution in [-0.2, 0) is 17.8 Å². The van der Waals surface area contributed by atoms with Gasteiger partial charge in [-0.3, -0.25) is 9.89 Å². The Bertz CT molecular complexity index is 847. The molecule has 120 valence electrons. The smallest absolute Gasteiger partial charge is 0.227 e. The van der Waals surface area contributed by atoms with Crippen molar-refractivity contribution >= 4 is 16.9 Å². The van der Waals surface area contributed by atoms with Crippen molar-refractivity contribution < 1.29 is 9.18 Å². The van der Waals surface area contributed by atoms with E-state index >= 15 is 0 Å². The van der Waals surface area contributed by atoms with Gasteiger partial charge in [0.1, 0.15) is 11.6 Å². The molecule has 0 radical (unpaired) electrons. The number of rotatable bonds is 4. The monoisotopic (exact) mass is 315 g/mol. The zero-order valence-electron chi connectivity index (χ0n) is 13.3. The number of nitrogens with zero attached hydrogens (tertiary/aromatic N) is 3. The molecule has 0 aliphatic heterocycles. The van der Waals surface area contributed by atoms with E-state index in [4.69, 9.17) is 0 Å². The second kappa shape index (κ2) is 5.83. The highest BCUT2D eigenvalue weighted by Crippen LogP contribution is 2.15. The molecule has 1 aromatic carbocycles. The first-order valence-electron chi connectivity index (χ1n) is 7.32. The number of carbonyl (C=O) groups excluding carboxylic acids is 1. The molecule has 1 amide bonds. The summed E-state index contributed by atoms with van der Waals surface area (Å²) in [6.45, 7) is 4.11. The van der Waals surface area contributed by atoms with Crippen molar-refractivity contribution in [1.82, 2.24) is 25.1 Å². The van der Waals surface area contributed by atoms with Gasteiger partial charge in [-0.15, -0.1) is 0 Å². The van der Waals surface area contributed by atoms with Gasteiger partial charge in [0.15, 0.2) is 0 Å². The van der Waals surface area contributed by atoms with Crippen LogP contribution in [0.3, 0.4) is 0 Å². The minimum absolute atomic E-state index is 0.0239. The Labute approximate surface area is 132 Å². The van der Waals surface area contributed by atoms with Crippen LogP contribution in [-0.4, -0.2) is 38.0 Å². The average molecular weight is 315 g/mol. The Hall–Kier alpha value is -2.70. The number of aromatic amines is 2. The Balaban J connectivity index is 1.72. The number of hydrogen-bond donors (Lipinski definition) is 2. The zero-order valence-corrected chi connectivity index (χ0v) is 13.3. The second-order valence-electron chi connectivity index (χ2n) is 5.68. The number of benzene rings is 1. The first kappa shape index (κ1) is 15.2. The van der Waals surface area contributed by atoms with Gasteiger partial charge in [0.2, 0.25) is 5.91 Å². The molecule has 0 spiro atoms. The number of halogens is 1. The second-order valence-corrected chi connectivity index (χ2v) is 5.68. The van der Waals surface area contributed by atoms with Gasteiger partial charge in [0.25, 0.3) is 0 Å². The van der Waals surface area contributed by atoms with Crippen LogP contribution in [0.25, 0.3) is 11.0 Å². The molecule has 3 rings (SSSR count). The summed E-state index contributed by atoms with van der Waals surface area (Å²) >= 11 is 0. The van der Waals surface area contributed by atoms with E-state index in [-0.39, 0.29) is 11.7 Å². The van der Waals surface area contributed by atoms with Gasteiger partial charge in [-0.05, 0) is 32.0 Å². The minimum Gasteiger partial charge on any atom is -0.340 e. The molecule has 6 nitrogen and oxygen atoms in total. The molecule has 7 heteroatoms. The van der Waals surface area contributed by atoms with E-state index in [1.165, 1.54) is 12.1 Å². The van der Waals surface area contributed by atoms with E-state index in [1.54, 1.807) is 18.0 Å². The lowest BCUT2D eigenvalue weighted by molar-refractivity contribution is -0.129. The number of fused-ring (bicyclic) bond motifs is 1. The van der Waals surface area contributed by atoms with Gasteiger partial charge < -0.3 is 9.88 Å². The molecule has 0 aliphatic carbocycles. The van der Waals surface area contributed by atoms with Crippen LogP contribution in [0.5, 0.6) is 0 Å². The van der Waals surface area contributed by atoms with Gasteiger partial charge in [-0.25, -0.2) is 9.37 Å². The first-order chi connectivity index (χ1) is 10.9. The minimum atomic E-state index is -0.317. The van der Waals surface area contributed by atoms with Crippen molar-refractivity contribution in [1.29, 1.82) is 0 Å². The number of aromatic nitrogens is 4. The number of hydrogen-bond acceptors (Lipinski definition) is 3. The lowest BCUT2D eigenvalue weighted by atomic mass is 10.1. The Morgan fingerprint density at radius 1 is 1.35 bits per heavy atom. The van der Waals surface area contributed by atoms with Crippen LogP contribution in [0.4, 0.5) is 4.39 Å². The predicted molar refractivity (Wildman–Crippen MR) is 84.3 cm³/mol. The van der Waals surface area contributed by atoms with Crippen molar-refractivity contribution in [2.24, 2.45) is 0 Å². The molecule has 0 saturated carbocycles. The zero-order chi connectivity index (χ0) is 16.6. The summed E-state index contributed by atoms with van der Waals surface area (Å²) in [6.07, 6.45) is 0.291. The molecular weight excluding hydrogens is 297 g/mol. The highest BCUT2D eigenvalue weighted by Gasteiger charge is 2.16. The highest BCUT2D eigenvalue weighted by molar-refractivity contribution is 5.79. The molecule has 2 N–H and O–H groups in total. The molecule has 2 aromatic heterocycles. The molecule has 0 aliphatic rings. The molecule has 23 heavy (non-hydrogen) atoms. The number of likely N-dealkylation sites (N-methyl/N-ethyl adjacent to an activating group) is 1. The lowest BCUT2D eigenvalue weighted by Crippen LogP contribution is -2.28. The topological polar surface area (TPSA) is 77.7 Å². The van der Waals surface area contributed by atoms with Crippen LogP contribution in [0.15, 0.2) is 18.2 Å². The van der Waals surface area contributed by atoms with E-state index in [2.05, 4.69) is 20.2 Å².